The molecule has 0 aliphatic rings. The molecular formula is C14H21IO. The van der Waals surface area contributed by atoms with Crippen LogP contribution in [0.5, 0.6) is 5.75 Å². The normalized spacial score (nSPS) is 12.9. The van der Waals surface area contributed by atoms with Gasteiger partial charge in [-0.15, -0.1) is 0 Å². The summed E-state index contributed by atoms with van der Waals surface area (Å²) >= 11 is 2.21. The van der Waals surface area contributed by atoms with Gasteiger partial charge in [-0.25, -0.2) is 0 Å². The van der Waals surface area contributed by atoms with Crippen LogP contribution in [0.25, 0.3) is 0 Å². The van der Waals surface area contributed by atoms with Gasteiger partial charge in [-0.1, -0.05) is 47.6 Å². The molecule has 0 aromatic heterocycles. The van der Waals surface area contributed by atoms with Crippen molar-refractivity contribution in [2.45, 2.75) is 52.4 Å². The van der Waals surface area contributed by atoms with E-state index in [2.05, 4.69) is 76.3 Å². The van der Waals surface area contributed by atoms with Crippen LogP contribution in [0.2, 0.25) is 0 Å². The zero-order valence-electron chi connectivity index (χ0n) is 11.0. The van der Waals surface area contributed by atoms with E-state index < -0.39 is 0 Å². The summed E-state index contributed by atoms with van der Waals surface area (Å²) < 4.78 is 0.940. The highest BCUT2D eigenvalue weighted by Crippen LogP contribution is 2.37. The van der Waals surface area contributed by atoms with Gasteiger partial charge in [0.25, 0.3) is 0 Å². The number of hydrogen-bond donors (Lipinski definition) is 1. The summed E-state index contributed by atoms with van der Waals surface area (Å²) in [6.45, 7) is 13.0. The Morgan fingerprint density at radius 2 is 1.44 bits per heavy atom. The molecule has 0 saturated carbocycles. The van der Waals surface area contributed by atoms with E-state index in [0.717, 1.165) is 9.13 Å². The summed E-state index contributed by atoms with van der Waals surface area (Å²) in [7, 11) is 0. The Kier molecular flexibility index (Phi) is 3.63. The molecule has 2 heteroatoms. The van der Waals surface area contributed by atoms with Crippen molar-refractivity contribution in [3.8, 4) is 5.75 Å². The largest absolute Gasteiger partial charge is 0.507 e. The van der Waals surface area contributed by atoms with Crippen molar-refractivity contribution in [1.29, 1.82) is 0 Å². The van der Waals surface area contributed by atoms with Gasteiger partial charge >= 0.3 is 0 Å². The smallest absolute Gasteiger partial charge is 0.132 e. The second-order valence-electron chi connectivity index (χ2n) is 6.35. The lowest BCUT2D eigenvalue weighted by Crippen LogP contribution is -2.17. The lowest BCUT2D eigenvalue weighted by atomic mass is 9.80. The molecule has 16 heavy (non-hydrogen) atoms. The van der Waals surface area contributed by atoms with E-state index in [1.54, 1.807) is 0 Å². The van der Waals surface area contributed by atoms with E-state index in [4.69, 9.17) is 0 Å². The van der Waals surface area contributed by atoms with Gasteiger partial charge in [0.05, 0.1) is 3.57 Å². The average molecular weight is 332 g/mol. The molecule has 0 aliphatic carbocycles. The first-order chi connectivity index (χ1) is 7.03. The van der Waals surface area contributed by atoms with Crippen molar-refractivity contribution >= 4 is 22.6 Å². The van der Waals surface area contributed by atoms with E-state index in [1.807, 2.05) is 0 Å². The predicted octanol–water partition coefficient (Wildman–Crippen LogP) is 4.59. The molecule has 0 aliphatic heterocycles. The Morgan fingerprint density at radius 1 is 0.938 bits per heavy atom. The first-order valence-electron chi connectivity index (χ1n) is 5.57. The van der Waals surface area contributed by atoms with Gasteiger partial charge < -0.3 is 5.11 Å². The third-order valence-electron chi connectivity index (χ3n) is 2.74. The molecule has 0 fully saturated rings. The van der Waals surface area contributed by atoms with Gasteiger partial charge in [-0.3, -0.25) is 0 Å². The van der Waals surface area contributed by atoms with Gasteiger partial charge in [0.1, 0.15) is 5.75 Å². The maximum absolute atomic E-state index is 10.1. The fraction of sp³-hybridized carbons (Fsp3) is 0.571. The van der Waals surface area contributed by atoms with Crippen LogP contribution >= 0.6 is 22.6 Å². The van der Waals surface area contributed by atoms with Crippen molar-refractivity contribution in [1.82, 2.24) is 0 Å². The van der Waals surface area contributed by atoms with Crippen LogP contribution in [0.1, 0.15) is 52.7 Å². The molecule has 0 bridgehead atoms. The summed E-state index contributed by atoms with van der Waals surface area (Å²) in [6, 6.07) is 4.21. The Hall–Kier alpha value is -0.250. The molecule has 0 radical (unpaired) electrons. The fourth-order valence-corrected chi connectivity index (χ4v) is 2.23. The van der Waals surface area contributed by atoms with Crippen LogP contribution in [0, 0.1) is 3.57 Å². The zero-order valence-corrected chi connectivity index (χ0v) is 13.1. The quantitative estimate of drug-likeness (QED) is 0.689. The highest BCUT2D eigenvalue weighted by molar-refractivity contribution is 14.1. The van der Waals surface area contributed by atoms with Crippen LogP contribution in [0.4, 0.5) is 0 Å². The van der Waals surface area contributed by atoms with Crippen molar-refractivity contribution in [3.05, 3.63) is 26.8 Å². The summed E-state index contributed by atoms with van der Waals surface area (Å²) in [4.78, 5) is 0. The molecule has 1 aromatic rings. The number of phenols is 1. The van der Waals surface area contributed by atoms with Crippen LogP contribution in [0.3, 0.4) is 0 Å². The van der Waals surface area contributed by atoms with Crippen molar-refractivity contribution in [2.24, 2.45) is 0 Å². The van der Waals surface area contributed by atoms with Crippen LogP contribution in [-0.2, 0) is 10.8 Å². The van der Waals surface area contributed by atoms with E-state index in [0.29, 0.717) is 5.75 Å². The van der Waals surface area contributed by atoms with E-state index >= 15 is 0 Å². The standard InChI is InChI=1S/C14H21IO/c1-13(2,3)9-7-10(14(4,5)6)12(16)11(15)8-9/h7-8,16H,1-6H3. The molecule has 0 amide bonds. The molecule has 1 aromatic carbocycles. The second-order valence-corrected chi connectivity index (χ2v) is 7.52. The van der Waals surface area contributed by atoms with Gasteiger partial charge in [0.2, 0.25) is 0 Å². The summed E-state index contributed by atoms with van der Waals surface area (Å²) in [5.41, 5.74) is 2.41. The Labute approximate surface area is 112 Å². The molecule has 1 nitrogen and oxygen atoms in total. The van der Waals surface area contributed by atoms with Crippen molar-refractivity contribution in [3.63, 3.8) is 0 Å². The van der Waals surface area contributed by atoms with Crippen LogP contribution in [0.15, 0.2) is 12.1 Å². The predicted molar refractivity (Wildman–Crippen MR) is 78.2 cm³/mol. The third-order valence-corrected chi connectivity index (χ3v) is 3.56. The van der Waals surface area contributed by atoms with E-state index in [9.17, 15) is 5.11 Å². The molecule has 90 valence electrons. The molecule has 0 saturated heterocycles. The molecule has 0 atom stereocenters. The number of halogens is 1. The molecule has 0 heterocycles. The van der Waals surface area contributed by atoms with E-state index in [1.165, 1.54) is 5.56 Å². The third kappa shape index (κ3) is 2.90. The SMILES string of the molecule is CC(C)(C)c1cc(I)c(O)c(C(C)(C)C)c1. The molecular weight excluding hydrogens is 311 g/mol. The molecule has 0 unspecified atom stereocenters. The van der Waals surface area contributed by atoms with E-state index in [-0.39, 0.29) is 10.8 Å². The number of hydrogen-bond acceptors (Lipinski definition) is 1. The highest BCUT2D eigenvalue weighted by atomic mass is 127. The zero-order chi connectivity index (χ0) is 12.7. The highest BCUT2D eigenvalue weighted by Gasteiger charge is 2.24. The van der Waals surface area contributed by atoms with Gasteiger partial charge in [0.15, 0.2) is 0 Å². The Bertz CT molecular complexity index is 394. The van der Waals surface area contributed by atoms with Gasteiger partial charge in [-0.2, -0.15) is 0 Å². The number of phenolic OH excluding ortho intramolecular Hbond substituents is 1. The monoisotopic (exact) mass is 332 g/mol. The summed E-state index contributed by atoms with van der Waals surface area (Å²) in [6.07, 6.45) is 0. The molecule has 1 rings (SSSR count). The first kappa shape index (κ1) is 13.8. The summed E-state index contributed by atoms with van der Waals surface area (Å²) in [5, 5.41) is 10.1. The van der Waals surface area contributed by atoms with Gasteiger partial charge in [0, 0.05) is 5.56 Å². The first-order valence-corrected chi connectivity index (χ1v) is 6.65. The lowest BCUT2D eigenvalue weighted by Gasteiger charge is -2.26. The minimum atomic E-state index is -0.0226. The van der Waals surface area contributed by atoms with Gasteiger partial charge in [-0.05, 0) is 45.1 Å². The number of aromatic hydroxyl groups is 1. The maximum Gasteiger partial charge on any atom is 0.132 e. The minimum Gasteiger partial charge on any atom is -0.507 e. The fourth-order valence-electron chi connectivity index (χ4n) is 1.60. The van der Waals surface area contributed by atoms with Crippen LogP contribution in [-0.4, -0.2) is 5.11 Å². The Morgan fingerprint density at radius 3 is 1.81 bits per heavy atom. The van der Waals surface area contributed by atoms with Crippen LogP contribution < -0.4 is 0 Å². The number of benzene rings is 1. The minimum absolute atomic E-state index is 0.0226. The molecule has 1 N–H and O–H groups in total. The Balaban J connectivity index is 3.46. The molecule has 0 spiro atoms. The van der Waals surface area contributed by atoms with Crippen molar-refractivity contribution in [2.75, 3.05) is 0 Å². The average Bonchev–Trinajstić information content (AvgIpc) is 2.05. The number of rotatable bonds is 0. The van der Waals surface area contributed by atoms with Crippen molar-refractivity contribution < 1.29 is 5.11 Å². The summed E-state index contributed by atoms with van der Waals surface area (Å²) in [5.74, 6) is 0.432. The topological polar surface area (TPSA) is 20.2 Å². The maximum atomic E-state index is 10.1. The second kappa shape index (κ2) is 4.21. The lowest BCUT2D eigenvalue weighted by molar-refractivity contribution is 0.441.